The molecule has 0 aliphatic carbocycles. The third kappa shape index (κ3) is 7.11. The molecule has 0 aromatic heterocycles. The molecule has 0 radical (unpaired) electrons. The molecule has 11 heteroatoms. The second kappa shape index (κ2) is 11.0. The van der Waals surface area contributed by atoms with Crippen LogP contribution in [0.4, 0.5) is 16.2 Å². The molecule has 0 atom stereocenters. The molecule has 0 fully saturated rings. The van der Waals surface area contributed by atoms with E-state index in [-0.39, 0.29) is 23.7 Å². The first-order valence-electron chi connectivity index (χ1n) is 8.72. The number of carbonyl (C=O) groups excluding carboxylic acids is 3. The topological polar surface area (TPSA) is 149 Å². The Hall–Kier alpha value is -4.15. The maximum atomic E-state index is 11.9. The number of benzene rings is 2. The number of nitro groups is 1. The molecule has 0 bridgehead atoms. The van der Waals surface area contributed by atoms with E-state index in [2.05, 4.69) is 16.0 Å². The molecular weight excluding hydrogens is 396 g/mol. The SMILES string of the molecule is COc1ccc(NC(=O)COC(=O)CNC(=O)NCc2ccccc2)c([N+](=O)[O-])c1. The number of carbonyl (C=O) groups is 3. The first-order valence-corrected chi connectivity index (χ1v) is 8.72. The fraction of sp³-hybridized carbons (Fsp3) is 0.211. The smallest absolute Gasteiger partial charge is 0.325 e. The third-order valence-corrected chi connectivity index (χ3v) is 3.73. The van der Waals surface area contributed by atoms with Crippen LogP contribution >= 0.6 is 0 Å². The van der Waals surface area contributed by atoms with Crippen LogP contribution in [0.2, 0.25) is 0 Å². The number of methoxy groups -OCH3 is 1. The van der Waals surface area contributed by atoms with Gasteiger partial charge in [-0.05, 0) is 17.7 Å². The summed E-state index contributed by atoms with van der Waals surface area (Å²) in [6.07, 6.45) is 0. The van der Waals surface area contributed by atoms with Gasteiger partial charge in [-0.3, -0.25) is 19.7 Å². The lowest BCUT2D eigenvalue weighted by atomic mass is 10.2. The molecule has 0 saturated heterocycles. The van der Waals surface area contributed by atoms with Gasteiger partial charge in [0.05, 0.1) is 18.1 Å². The number of hydrogen-bond donors (Lipinski definition) is 3. The zero-order valence-electron chi connectivity index (χ0n) is 16.0. The summed E-state index contributed by atoms with van der Waals surface area (Å²) in [7, 11) is 1.35. The monoisotopic (exact) mass is 416 g/mol. The molecule has 0 heterocycles. The van der Waals surface area contributed by atoms with Crippen molar-refractivity contribution >= 4 is 29.3 Å². The van der Waals surface area contributed by atoms with E-state index in [0.29, 0.717) is 0 Å². The quantitative estimate of drug-likeness (QED) is 0.319. The minimum Gasteiger partial charge on any atom is -0.496 e. The number of ether oxygens (including phenoxy) is 2. The summed E-state index contributed by atoms with van der Waals surface area (Å²) in [6, 6.07) is 12.5. The molecule has 11 nitrogen and oxygen atoms in total. The Morgan fingerprint density at radius 1 is 1.07 bits per heavy atom. The Morgan fingerprint density at radius 3 is 2.47 bits per heavy atom. The molecule has 2 aromatic rings. The van der Waals surface area contributed by atoms with Crippen molar-refractivity contribution in [1.29, 1.82) is 0 Å². The Bertz CT molecular complexity index is 918. The molecule has 0 spiro atoms. The second-order valence-corrected chi connectivity index (χ2v) is 5.87. The first-order chi connectivity index (χ1) is 14.4. The van der Waals surface area contributed by atoms with Gasteiger partial charge in [0.2, 0.25) is 0 Å². The first kappa shape index (κ1) is 22.1. The average Bonchev–Trinajstić information content (AvgIpc) is 2.75. The number of nitrogens with one attached hydrogen (secondary N) is 3. The number of nitrogens with zero attached hydrogens (tertiary/aromatic N) is 1. The summed E-state index contributed by atoms with van der Waals surface area (Å²) < 4.78 is 9.65. The number of amides is 3. The van der Waals surface area contributed by atoms with Crippen LogP contribution in [0.25, 0.3) is 0 Å². The molecule has 30 heavy (non-hydrogen) atoms. The van der Waals surface area contributed by atoms with Crippen LogP contribution in [-0.2, 0) is 20.9 Å². The predicted molar refractivity (Wildman–Crippen MR) is 106 cm³/mol. The molecule has 0 aliphatic heterocycles. The van der Waals surface area contributed by atoms with Crippen molar-refractivity contribution in [1.82, 2.24) is 10.6 Å². The second-order valence-electron chi connectivity index (χ2n) is 5.87. The number of rotatable bonds is 9. The summed E-state index contributed by atoms with van der Waals surface area (Å²) in [5.74, 6) is -1.36. The molecule has 0 aliphatic rings. The van der Waals surface area contributed by atoms with E-state index < -0.39 is 36.0 Å². The van der Waals surface area contributed by atoms with Crippen molar-refractivity contribution in [2.24, 2.45) is 0 Å². The van der Waals surface area contributed by atoms with Crippen LogP contribution in [0, 0.1) is 10.1 Å². The highest BCUT2D eigenvalue weighted by atomic mass is 16.6. The van der Waals surface area contributed by atoms with Crippen LogP contribution in [0.3, 0.4) is 0 Å². The molecule has 2 rings (SSSR count). The van der Waals surface area contributed by atoms with Crippen molar-refractivity contribution in [2.45, 2.75) is 6.54 Å². The van der Waals surface area contributed by atoms with E-state index >= 15 is 0 Å². The minimum absolute atomic E-state index is 0.0692. The van der Waals surface area contributed by atoms with Gasteiger partial charge in [-0.25, -0.2) is 4.79 Å². The lowest BCUT2D eigenvalue weighted by molar-refractivity contribution is -0.384. The highest BCUT2D eigenvalue weighted by Gasteiger charge is 2.18. The average molecular weight is 416 g/mol. The standard InChI is InChI=1S/C19H20N4O7/c1-29-14-7-8-15(16(9-14)23(27)28)22-17(24)12-30-18(25)11-21-19(26)20-10-13-5-3-2-4-6-13/h2-9H,10-12H2,1H3,(H,22,24)(H2,20,21,26). The molecule has 2 aromatic carbocycles. The molecule has 0 saturated carbocycles. The van der Waals surface area contributed by atoms with Gasteiger partial charge in [0.1, 0.15) is 18.0 Å². The van der Waals surface area contributed by atoms with Crippen molar-refractivity contribution in [3.8, 4) is 5.75 Å². The molecule has 158 valence electrons. The van der Waals surface area contributed by atoms with Crippen molar-refractivity contribution in [2.75, 3.05) is 25.6 Å². The fourth-order valence-corrected chi connectivity index (χ4v) is 2.27. The molecule has 3 N–H and O–H groups in total. The van der Waals surface area contributed by atoms with Gasteiger partial charge in [0.25, 0.3) is 11.6 Å². The van der Waals surface area contributed by atoms with Crippen LogP contribution in [0.5, 0.6) is 5.75 Å². The minimum atomic E-state index is -0.843. The van der Waals surface area contributed by atoms with Gasteiger partial charge in [0.15, 0.2) is 6.61 Å². The van der Waals surface area contributed by atoms with Crippen molar-refractivity contribution in [3.05, 3.63) is 64.2 Å². The van der Waals surface area contributed by atoms with Gasteiger partial charge >= 0.3 is 12.0 Å². The predicted octanol–water partition coefficient (Wildman–Crippen LogP) is 1.58. The van der Waals surface area contributed by atoms with E-state index in [1.807, 2.05) is 30.3 Å². The van der Waals surface area contributed by atoms with E-state index in [1.165, 1.54) is 19.2 Å². The maximum absolute atomic E-state index is 11.9. The van der Waals surface area contributed by atoms with Crippen molar-refractivity contribution < 1.29 is 28.8 Å². The summed E-state index contributed by atoms with van der Waals surface area (Å²) in [6.45, 7) is -0.837. The number of hydrogen-bond acceptors (Lipinski definition) is 7. The van der Waals surface area contributed by atoms with Gasteiger partial charge in [0, 0.05) is 6.54 Å². The summed E-state index contributed by atoms with van der Waals surface area (Å²) in [5.41, 5.74) is 0.450. The Labute approximate surface area is 171 Å². The Balaban J connectivity index is 1.73. The lowest BCUT2D eigenvalue weighted by Crippen LogP contribution is -2.39. The van der Waals surface area contributed by atoms with Crippen LogP contribution in [0.15, 0.2) is 48.5 Å². The third-order valence-electron chi connectivity index (χ3n) is 3.73. The van der Waals surface area contributed by atoms with Crippen LogP contribution < -0.4 is 20.7 Å². The van der Waals surface area contributed by atoms with E-state index in [0.717, 1.165) is 11.6 Å². The number of nitro benzene ring substituents is 1. The van der Waals surface area contributed by atoms with E-state index in [1.54, 1.807) is 0 Å². The zero-order valence-corrected chi connectivity index (χ0v) is 16.0. The Morgan fingerprint density at radius 2 is 1.80 bits per heavy atom. The lowest BCUT2D eigenvalue weighted by Gasteiger charge is -2.09. The maximum Gasteiger partial charge on any atom is 0.325 e. The number of anilines is 1. The number of esters is 1. The van der Waals surface area contributed by atoms with E-state index in [4.69, 9.17) is 9.47 Å². The van der Waals surface area contributed by atoms with E-state index in [9.17, 15) is 24.5 Å². The summed E-state index contributed by atoms with van der Waals surface area (Å²) >= 11 is 0. The highest BCUT2D eigenvalue weighted by Crippen LogP contribution is 2.28. The molecular formula is C19H20N4O7. The van der Waals surface area contributed by atoms with Crippen molar-refractivity contribution in [3.63, 3.8) is 0 Å². The highest BCUT2D eigenvalue weighted by molar-refractivity contribution is 5.95. The van der Waals surface area contributed by atoms with Crippen LogP contribution in [0.1, 0.15) is 5.56 Å². The summed E-state index contributed by atoms with van der Waals surface area (Å²) in [5, 5.41) is 18.3. The largest absolute Gasteiger partial charge is 0.496 e. The van der Waals surface area contributed by atoms with Crippen LogP contribution in [-0.4, -0.2) is 43.1 Å². The van der Waals surface area contributed by atoms with Gasteiger partial charge in [-0.2, -0.15) is 0 Å². The molecule has 0 unspecified atom stereocenters. The summed E-state index contributed by atoms with van der Waals surface area (Å²) in [4.78, 5) is 45.7. The normalized spacial score (nSPS) is 9.90. The zero-order chi connectivity index (χ0) is 21.9. The fourth-order valence-electron chi connectivity index (χ4n) is 2.27. The molecule has 3 amide bonds. The number of urea groups is 1. The Kier molecular flexibility index (Phi) is 8.12. The van der Waals surface area contributed by atoms with Gasteiger partial charge < -0.3 is 25.4 Å². The van der Waals surface area contributed by atoms with Gasteiger partial charge in [-0.1, -0.05) is 30.3 Å². The van der Waals surface area contributed by atoms with Gasteiger partial charge in [-0.15, -0.1) is 0 Å².